The molecule has 0 spiro atoms. The molecule has 0 aliphatic rings. The minimum absolute atomic E-state index is 0.843. The molecule has 0 heterocycles. The van der Waals surface area contributed by atoms with Gasteiger partial charge in [-0.1, -0.05) is 51.3 Å². The molecule has 0 aliphatic carbocycles. The van der Waals surface area contributed by atoms with Crippen molar-refractivity contribution in [3.05, 3.63) is 29.3 Å². The van der Waals surface area contributed by atoms with Gasteiger partial charge >= 0.3 is 0 Å². The molecule has 0 fully saturated rings. The Bertz CT molecular complexity index is 300. The fourth-order valence-corrected chi connectivity index (χ4v) is 2.22. The molecule has 0 aromatic heterocycles. The molecule has 1 aromatic rings. The average Bonchev–Trinajstić information content (AvgIpc) is 2.38. The van der Waals surface area contributed by atoms with Gasteiger partial charge in [-0.25, -0.2) is 0 Å². The molecule has 1 nitrogen and oxygen atoms in total. The van der Waals surface area contributed by atoms with Gasteiger partial charge in [0.05, 0.1) is 6.61 Å². The lowest BCUT2D eigenvalue weighted by Crippen LogP contribution is -2.03. The molecular formula is C15H23OSi. The smallest absolute Gasteiger partial charge is 0.125 e. The van der Waals surface area contributed by atoms with E-state index >= 15 is 0 Å². The van der Waals surface area contributed by atoms with Crippen molar-refractivity contribution in [3.63, 3.8) is 0 Å². The molecule has 0 amide bonds. The fraction of sp³-hybridized carbons (Fsp3) is 0.600. The van der Waals surface area contributed by atoms with Gasteiger partial charge in [-0.2, -0.15) is 0 Å². The first kappa shape index (κ1) is 14.3. The van der Waals surface area contributed by atoms with Crippen molar-refractivity contribution < 1.29 is 4.74 Å². The summed E-state index contributed by atoms with van der Waals surface area (Å²) in [6.07, 6.45) is 6.05. The van der Waals surface area contributed by atoms with Crippen LogP contribution in [0.5, 0.6) is 5.75 Å². The van der Waals surface area contributed by atoms with Gasteiger partial charge in [0, 0.05) is 10.2 Å². The van der Waals surface area contributed by atoms with Crippen LogP contribution in [0, 0.1) is 0 Å². The van der Waals surface area contributed by atoms with Gasteiger partial charge in [0.1, 0.15) is 5.75 Å². The number of para-hydroxylation sites is 1. The first-order chi connectivity index (χ1) is 8.33. The van der Waals surface area contributed by atoms with Crippen LogP contribution in [0.4, 0.5) is 0 Å². The largest absolute Gasteiger partial charge is 0.493 e. The van der Waals surface area contributed by atoms with Crippen LogP contribution in [-0.4, -0.2) is 16.8 Å². The maximum Gasteiger partial charge on any atom is 0.125 e. The summed E-state index contributed by atoms with van der Waals surface area (Å²) in [5.41, 5.74) is 2.58. The van der Waals surface area contributed by atoms with E-state index in [1.807, 2.05) is 0 Å². The van der Waals surface area contributed by atoms with E-state index < -0.39 is 0 Å². The highest BCUT2D eigenvalue weighted by Gasteiger charge is 2.06. The van der Waals surface area contributed by atoms with Crippen molar-refractivity contribution >= 4 is 10.2 Å². The van der Waals surface area contributed by atoms with Crippen LogP contribution >= 0.6 is 0 Å². The predicted octanol–water partition coefficient (Wildman–Crippen LogP) is 3.88. The summed E-state index contributed by atoms with van der Waals surface area (Å²) >= 11 is 0. The lowest BCUT2D eigenvalue weighted by Gasteiger charge is -2.14. The number of hydrogen-bond donors (Lipinski definition) is 0. The van der Waals surface area contributed by atoms with Gasteiger partial charge in [-0.3, -0.25) is 0 Å². The van der Waals surface area contributed by atoms with Crippen molar-refractivity contribution in [2.45, 2.75) is 52.0 Å². The Labute approximate surface area is 109 Å². The number of benzene rings is 1. The molecule has 2 heteroatoms. The highest BCUT2D eigenvalue weighted by molar-refractivity contribution is 6.08. The number of aryl methyl sites for hydroxylation is 1. The second kappa shape index (κ2) is 8.35. The molecule has 93 valence electrons. The van der Waals surface area contributed by atoms with Gasteiger partial charge in [-0.15, -0.1) is 0 Å². The van der Waals surface area contributed by atoms with Crippen molar-refractivity contribution in [2.75, 3.05) is 6.61 Å². The molecule has 0 atom stereocenters. The van der Waals surface area contributed by atoms with Gasteiger partial charge in [0.25, 0.3) is 0 Å². The number of rotatable bonds is 8. The van der Waals surface area contributed by atoms with Crippen LogP contribution in [0.25, 0.3) is 0 Å². The van der Waals surface area contributed by atoms with E-state index in [1.54, 1.807) is 0 Å². The van der Waals surface area contributed by atoms with Crippen LogP contribution in [0.3, 0.4) is 0 Å². The molecule has 0 saturated carbocycles. The lowest BCUT2D eigenvalue weighted by atomic mass is 10.1. The monoisotopic (exact) mass is 247 g/mol. The third-order valence-corrected chi connectivity index (χ3v) is 3.37. The molecule has 0 unspecified atom stereocenters. The quantitative estimate of drug-likeness (QED) is 0.500. The molecular weight excluding hydrogens is 224 g/mol. The zero-order valence-electron chi connectivity index (χ0n) is 11.1. The highest BCUT2D eigenvalue weighted by Crippen LogP contribution is 2.25. The SMILES string of the molecule is CCCCCCOc1c(CC)cccc1C[Si]. The Morgan fingerprint density at radius 2 is 1.82 bits per heavy atom. The first-order valence-electron chi connectivity index (χ1n) is 6.71. The molecule has 0 bridgehead atoms. The van der Waals surface area contributed by atoms with Gasteiger partial charge in [-0.05, 0) is 30.0 Å². The van der Waals surface area contributed by atoms with Crippen molar-refractivity contribution in [1.29, 1.82) is 0 Å². The molecule has 1 aromatic carbocycles. The van der Waals surface area contributed by atoms with Crippen molar-refractivity contribution in [3.8, 4) is 5.75 Å². The van der Waals surface area contributed by atoms with Crippen LogP contribution < -0.4 is 4.74 Å². The second-order valence-electron chi connectivity index (χ2n) is 4.34. The number of unbranched alkanes of at least 4 members (excludes halogenated alkanes) is 3. The molecule has 0 saturated heterocycles. The van der Waals surface area contributed by atoms with Gasteiger partial charge in [0.15, 0.2) is 0 Å². The Balaban J connectivity index is 2.55. The predicted molar refractivity (Wildman–Crippen MR) is 74.9 cm³/mol. The summed E-state index contributed by atoms with van der Waals surface area (Å²) in [6, 6.07) is 7.26. The third kappa shape index (κ3) is 4.54. The number of ether oxygens (including phenoxy) is 1. The summed E-state index contributed by atoms with van der Waals surface area (Å²) in [6.45, 7) is 5.25. The number of hydrogen-bond acceptors (Lipinski definition) is 1. The summed E-state index contributed by atoms with van der Waals surface area (Å²) in [7, 11) is 3.57. The zero-order valence-corrected chi connectivity index (χ0v) is 12.1. The maximum atomic E-state index is 5.97. The normalized spacial score (nSPS) is 10.5. The minimum Gasteiger partial charge on any atom is -0.493 e. The second-order valence-corrected chi connectivity index (χ2v) is 4.70. The third-order valence-electron chi connectivity index (χ3n) is 2.99. The van der Waals surface area contributed by atoms with E-state index in [1.165, 1.54) is 30.4 Å². The van der Waals surface area contributed by atoms with Crippen LogP contribution in [0.15, 0.2) is 18.2 Å². The van der Waals surface area contributed by atoms with E-state index in [9.17, 15) is 0 Å². The summed E-state index contributed by atoms with van der Waals surface area (Å²) in [4.78, 5) is 0. The Morgan fingerprint density at radius 1 is 1.06 bits per heavy atom. The van der Waals surface area contributed by atoms with E-state index in [2.05, 4.69) is 42.3 Å². The Kier molecular flexibility index (Phi) is 7.02. The van der Waals surface area contributed by atoms with E-state index in [4.69, 9.17) is 4.74 Å². The van der Waals surface area contributed by atoms with E-state index in [0.717, 1.165) is 31.2 Å². The van der Waals surface area contributed by atoms with E-state index in [0.29, 0.717) is 0 Å². The zero-order chi connectivity index (χ0) is 12.5. The van der Waals surface area contributed by atoms with Gasteiger partial charge < -0.3 is 4.74 Å². The van der Waals surface area contributed by atoms with Crippen molar-refractivity contribution in [1.82, 2.24) is 0 Å². The fourth-order valence-electron chi connectivity index (χ4n) is 1.94. The van der Waals surface area contributed by atoms with Gasteiger partial charge in [0.2, 0.25) is 0 Å². The molecule has 1 rings (SSSR count). The molecule has 3 radical (unpaired) electrons. The standard InChI is InChI=1S/C15H23OSi/c1-3-5-6-7-11-16-15-13(4-2)9-8-10-14(15)12-17/h8-10H,3-7,11-12H2,1-2H3. The highest BCUT2D eigenvalue weighted by atomic mass is 28.1. The van der Waals surface area contributed by atoms with Crippen molar-refractivity contribution in [2.24, 2.45) is 0 Å². The summed E-state index contributed by atoms with van der Waals surface area (Å²) in [5.74, 6) is 1.10. The summed E-state index contributed by atoms with van der Waals surface area (Å²) < 4.78 is 5.97. The summed E-state index contributed by atoms with van der Waals surface area (Å²) in [5, 5.41) is 0. The minimum atomic E-state index is 0.843. The van der Waals surface area contributed by atoms with Crippen LogP contribution in [0.1, 0.15) is 50.7 Å². The molecule has 0 aliphatic heterocycles. The lowest BCUT2D eigenvalue weighted by molar-refractivity contribution is 0.300. The topological polar surface area (TPSA) is 9.23 Å². The Morgan fingerprint density at radius 3 is 2.47 bits per heavy atom. The van der Waals surface area contributed by atoms with E-state index in [-0.39, 0.29) is 0 Å². The maximum absolute atomic E-state index is 5.97. The van der Waals surface area contributed by atoms with Crippen LogP contribution in [-0.2, 0) is 12.5 Å². The molecule has 17 heavy (non-hydrogen) atoms. The average molecular weight is 247 g/mol. The molecule has 0 N–H and O–H groups in total. The Hall–Kier alpha value is -0.763. The van der Waals surface area contributed by atoms with Crippen LogP contribution in [0.2, 0.25) is 0 Å². The first-order valence-corrected chi connectivity index (χ1v) is 7.42.